The standard InChI is InChI=1S/C21H13FN8S/c22-16-4-3-15(31-16)19-17-13(5-6-25-19)27-21(28-17)20-18-14(29-30-20)2-1-12(26-18)10-7-11(23)9-24-8-10/h1-9H,23H2,(H,27,28)(H,29,30). The van der Waals surface area contributed by atoms with Crippen molar-refractivity contribution >= 4 is 39.1 Å². The van der Waals surface area contributed by atoms with Crippen molar-refractivity contribution in [2.75, 3.05) is 5.73 Å². The van der Waals surface area contributed by atoms with Crippen molar-refractivity contribution in [2.24, 2.45) is 0 Å². The summed E-state index contributed by atoms with van der Waals surface area (Å²) in [6.45, 7) is 0. The minimum atomic E-state index is -0.268. The number of nitrogen functional groups attached to an aromatic ring is 1. The van der Waals surface area contributed by atoms with E-state index in [1.54, 1.807) is 24.7 Å². The molecule has 0 fully saturated rings. The van der Waals surface area contributed by atoms with Gasteiger partial charge in [0.05, 0.1) is 27.3 Å². The van der Waals surface area contributed by atoms with Crippen LogP contribution in [0.15, 0.2) is 55.0 Å². The lowest BCUT2D eigenvalue weighted by molar-refractivity contribution is 0.657. The largest absolute Gasteiger partial charge is 0.397 e. The number of imidazole rings is 1. The molecule has 0 unspecified atom stereocenters. The summed E-state index contributed by atoms with van der Waals surface area (Å²) < 4.78 is 13.5. The first-order valence-corrected chi connectivity index (χ1v) is 10.1. The molecule has 0 amide bonds. The lowest BCUT2D eigenvalue weighted by Gasteiger charge is -2.02. The highest BCUT2D eigenvalue weighted by Crippen LogP contribution is 2.33. The predicted octanol–water partition coefficient (Wildman–Crippen LogP) is 4.41. The Morgan fingerprint density at radius 2 is 1.84 bits per heavy atom. The number of hydrogen-bond donors (Lipinski definition) is 3. The fourth-order valence-corrected chi connectivity index (χ4v) is 4.22. The maximum Gasteiger partial charge on any atom is 0.177 e. The normalized spacial score (nSPS) is 11.5. The molecule has 0 aliphatic heterocycles. The third-order valence-corrected chi connectivity index (χ3v) is 5.78. The highest BCUT2D eigenvalue weighted by molar-refractivity contribution is 7.13. The molecule has 6 aromatic heterocycles. The molecule has 0 saturated heterocycles. The Morgan fingerprint density at radius 1 is 0.935 bits per heavy atom. The van der Waals surface area contributed by atoms with Crippen molar-refractivity contribution in [2.45, 2.75) is 0 Å². The topological polar surface area (TPSA) is 122 Å². The summed E-state index contributed by atoms with van der Waals surface area (Å²) in [5.41, 5.74) is 12.0. The molecule has 4 N–H and O–H groups in total. The van der Waals surface area contributed by atoms with Crippen LogP contribution in [0.1, 0.15) is 0 Å². The van der Waals surface area contributed by atoms with Gasteiger partial charge >= 0.3 is 0 Å². The highest BCUT2D eigenvalue weighted by Gasteiger charge is 2.18. The second kappa shape index (κ2) is 6.67. The van der Waals surface area contributed by atoms with Crippen molar-refractivity contribution < 1.29 is 4.39 Å². The van der Waals surface area contributed by atoms with E-state index in [4.69, 9.17) is 15.7 Å². The summed E-state index contributed by atoms with van der Waals surface area (Å²) in [7, 11) is 0. The number of hydrogen-bond acceptors (Lipinski definition) is 7. The molecule has 10 heteroatoms. The first-order valence-electron chi connectivity index (χ1n) is 9.32. The molecule has 0 atom stereocenters. The van der Waals surface area contributed by atoms with E-state index in [2.05, 4.69) is 25.1 Å². The van der Waals surface area contributed by atoms with E-state index in [1.807, 2.05) is 24.3 Å². The zero-order valence-corrected chi connectivity index (χ0v) is 16.6. The average molecular weight is 428 g/mol. The van der Waals surface area contributed by atoms with Crippen molar-refractivity contribution in [3.63, 3.8) is 0 Å². The lowest BCUT2D eigenvalue weighted by atomic mass is 10.1. The van der Waals surface area contributed by atoms with Crippen LogP contribution in [0, 0.1) is 5.13 Å². The van der Waals surface area contributed by atoms with E-state index in [1.165, 1.54) is 6.07 Å². The third-order valence-electron chi connectivity index (χ3n) is 4.89. The van der Waals surface area contributed by atoms with Gasteiger partial charge in [0, 0.05) is 24.2 Å². The number of nitrogens with zero attached hydrogens (tertiary/aromatic N) is 5. The number of nitrogens with two attached hydrogens (primary N) is 1. The summed E-state index contributed by atoms with van der Waals surface area (Å²) >= 11 is 1.03. The number of aromatic amines is 2. The van der Waals surface area contributed by atoms with Gasteiger partial charge in [-0.25, -0.2) is 9.97 Å². The lowest BCUT2D eigenvalue weighted by Crippen LogP contribution is -1.90. The Bertz CT molecular complexity index is 1580. The first-order chi connectivity index (χ1) is 15.2. The summed E-state index contributed by atoms with van der Waals surface area (Å²) in [4.78, 5) is 22.0. The molecule has 0 saturated carbocycles. The maximum absolute atomic E-state index is 13.5. The van der Waals surface area contributed by atoms with Gasteiger partial charge in [0.25, 0.3) is 0 Å². The Labute approximate surface area is 178 Å². The van der Waals surface area contributed by atoms with E-state index in [9.17, 15) is 4.39 Å². The molecule has 6 rings (SSSR count). The van der Waals surface area contributed by atoms with Crippen LogP contribution in [-0.2, 0) is 0 Å². The molecule has 6 aromatic rings. The smallest absolute Gasteiger partial charge is 0.177 e. The van der Waals surface area contributed by atoms with Crippen LogP contribution in [0.4, 0.5) is 10.1 Å². The van der Waals surface area contributed by atoms with Gasteiger partial charge in [0.15, 0.2) is 16.6 Å². The van der Waals surface area contributed by atoms with Crippen LogP contribution in [0.5, 0.6) is 0 Å². The van der Waals surface area contributed by atoms with Gasteiger partial charge in [-0.3, -0.25) is 15.1 Å². The summed E-state index contributed by atoms with van der Waals surface area (Å²) in [5.74, 6) is 0.544. The van der Waals surface area contributed by atoms with Gasteiger partial charge in [0.2, 0.25) is 0 Å². The molecule has 0 bridgehead atoms. The van der Waals surface area contributed by atoms with Crippen molar-refractivity contribution in [3.05, 3.63) is 60.1 Å². The van der Waals surface area contributed by atoms with Gasteiger partial charge in [0.1, 0.15) is 16.7 Å². The molecular formula is C21H13FN8S. The SMILES string of the molecule is Nc1cncc(-c2ccc3[nH]nc(-c4nc5c(-c6ccc(F)s6)nccc5[nH]4)c3n2)c1. The number of thiophene rings is 1. The Balaban J connectivity index is 1.51. The molecule has 0 radical (unpaired) electrons. The van der Waals surface area contributed by atoms with Gasteiger partial charge in [-0.2, -0.15) is 9.49 Å². The van der Waals surface area contributed by atoms with E-state index >= 15 is 0 Å². The summed E-state index contributed by atoms with van der Waals surface area (Å²) in [6, 6.07) is 10.6. The number of nitrogens with one attached hydrogen (secondary N) is 2. The summed E-state index contributed by atoms with van der Waals surface area (Å²) in [5, 5.41) is 7.15. The number of H-pyrrole nitrogens is 2. The number of pyridine rings is 3. The zero-order valence-electron chi connectivity index (χ0n) is 15.8. The van der Waals surface area contributed by atoms with E-state index in [0.717, 1.165) is 33.6 Å². The van der Waals surface area contributed by atoms with Crippen molar-refractivity contribution in [1.29, 1.82) is 0 Å². The molecule has 0 aromatic carbocycles. The number of anilines is 1. The fraction of sp³-hybridized carbons (Fsp3) is 0. The first kappa shape index (κ1) is 17.7. The summed E-state index contributed by atoms with van der Waals surface area (Å²) in [6.07, 6.45) is 4.97. The molecular weight excluding hydrogens is 415 g/mol. The monoisotopic (exact) mass is 428 g/mol. The zero-order chi connectivity index (χ0) is 20.9. The van der Waals surface area contributed by atoms with Gasteiger partial charge < -0.3 is 10.7 Å². The Kier molecular flexibility index (Phi) is 3.80. The predicted molar refractivity (Wildman–Crippen MR) is 118 cm³/mol. The minimum Gasteiger partial charge on any atom is -0.397 e. The van der Waals surface area contributed by atoms with Crippen LogP contribution >= 0.6 is 11.3 Å². The molecule has 0 spiro atoms. The second-order valence-electron chi connectivity index (χ2n) is 6.92. The quantitative estimate of drug-likeness (QED) is 0.384. The number of aromatic nitrogens is 7. The van der Waals surface area contributed by atoms with Crippen molar-refractivity contribution in [3.8, 4) is 33.3 Å². The van der Waals surface area contributed by atoms with Crippen LogP contribution in [0.2, 0.25) is 0 Å². The third kappa shape index (κ3) is 2.92. The fourth-order valence-electron chi connectivity index (χ4n) is 3.49. The van der Waals surface area contributed by atoms with E-state index < -0.39 is 0 Å². The van der Waals surface area contributed by atoms with E-state index in [0.29, 0.717) is 38.8 Å². The Hall–Kier alpha value is -4.18. The number of rotatable bonds is 3. The molecule has 0 aliphatic carbocycles. The van der Waals surface area contributed by atoms with Crippen LogP contribution in [0.25, 0.3) is 55.4 Å². The van der Waals surface area contributed by atoms with Crippen LogP contribution in [0.3, 0.4) is 0 Å². The van der Waals surface area contributed by atoms with Crippen LogP contribution < -0.4 is 5.73 Å². The van der Waals surface area contributed by atoms with E-state index in [-0.39, 0.29) is 5.13 Å². The van der Waals surface area contributed by atoms with Crippen molar-refractivity contribution in [1.82, 2.24) is 35.1 Å². The minimum absolute atomic E-state index is 0.268. The molecule has 8 nitrogen and oxygen atoms in total. The molecule has 150 valence electrons. The van der Waals surface area contributed by atoms with Gasteiger partial charge in [-0.05, 0) is 36.4 Å². The highest BCUT2D eigenvalue weighted by atomic mass is 32.1. The molecule has 6 heterocycles. The van der Waals surface area contributed by atoms with Crippen LogP contribution in [-0.4, -0.2) is 35.1 Å². The average Bonchev–Trinajstić information content (AvgIpc) is 3.50. The van der Waals surface area contributed by atoms with Gasteiger partial charge in [-0.1, -0.05) is 0 Å². The number of halogens is 1. The number of fused-ring (bicyclic) bond motifs is 2. The molecule has 0 aliphatic rings. The second-order valence-corrected chi connectivity index (χ2v) is 7.95. The molecule has 31 heavy (non-hydrogen) atoms. The maximum atomic E-state index is 13.5. The Morgan fingerprint density at radius 3 is 2.68 bits per heavy atom. The van der Waals surface area contributed by atoms with Gasteiger partial charge in [-0.15, -0.1) is 11.3 Å².